The Morgan fingerprint density at radius 2 is 1.58 bits per heavy atom. The second-order valence-electron chi connectivity index (χ2n) is 7.28. The Balaban J connectivity index is 1.82. The van der Waals surface area contributed by atoms with Crippen LogP contribution >= 0.6 is 0 Å². The van der Waals surface area contributed by atoms with Gasteiger partial charge in [0.2, 0.25) is 5.88 Å². The van der Waals surface area contributed by atoms with Crippen molar-refractivity contribution in [3.63, 3.8) is 0 Å². The molecule has 31 heavy (non-hydrogen) atoms. The van der Waals surface area contributed by atoms with Gasteiger partial charge in [-0.3, -0.25) is 0 Å². The molecule has 4 rings (SSSR count). The van der Waals surface area contributed by atoms with Crippen molar-refractivity contribution < 1.29 is 20.1 Å². The number of aromatic nitrogens is 2. The number of aromatic hydroxyl groups is 2. The highest BCUT2D eigenvalue weighted by Crippen LogP contribution is 2.40. The van der Waals surface area contributed by atoms with Crippen molar-refractivity contribution in [2.75, 3.05) is 0 Å². The van der Waals surface area contributed by atoms with Crippen molar-refractivity contribution in [1.29, 1.82) is 0 Å². The number of carboxylic acids is 1. The minimum Gasteiger partial charge on any atom is -0.506 e. The summed E-state index contributed by atoms with van der Waals surface area (Å²) in [5.74, 6) is -1.66. The number of phenolic OH excluding ortho intramolecular Hbond substituents is 1. The number of benzene rings is 3. The van der Waals surface area contributed by atoms with Gasteiger partial charge in [-0.2, -0.15) is 9.78 Å². The second-order valence-corrected chi connectivity index (χ2v) is 7.28. The van der Waals surface area contributed by atoms with Crippen LogP contribution in [-0.2, 0) is 0 Å². The number of carbonyl (C=O) groups is 1. The van der Waals surface area contributed by atoms with Gasteiger partial charge < -0.3 is 15.3 Å². The minimum atomic E-state index is -1.15. The van der Waals surface area contributed by atoms with Crippen LogP contribution in [0.4, 0.5) is 11.4 Å². The Bertz CT molecular complexity index is 1370. The van der Waals surface area contributed by atoms with E-state index in [0.717, 1.165) is 17.2 Å². The molecule has 0 spiro atoms. The number of phenols is 1. The third-order valence-corrected chi connectivity index (χ3v) is 5.22. The van der Waals surface area contributed by atoms with Crippen molar-refractivity contribution in [3.05, 3.63) is 70.9 Å². The van der Waals surface area contributed by atoms with Crippen LogP contribution in [0.15, 0.2) is 58.8 Å². The van der Waals surface area contributed by atoms with E-state index in [9.17, 15) is 20.1 Å². The molecule has 0 fully saturated rings. The van der Waals surface area contributed by atoms with Gasteiger partial charge in [-0.05, 0) is 55.5 Å². The van der Waals surface area contributed by atoms with Gasteiger partial charge in [0.1, 0.15) is 11.4 Å². The molecule has 3 N–H and O–H groups in total. The molecule has 0 saturated heterocycles. The fourth-order valence-corrected chi connectivity index (χ4v) is 3.39. The molecule has 3 aromatic carbocycles. The van der Waals surface area contributed by atoms with E-state index in [1.165, 1.54) is 4.68 Å². The molecule has 4 aromatic rings. The standard InChI is InChI=1S/C23H20N4O4/c1-12-8-9-15(10-13(12)2)27-22(29)20(14(3)26-27)24-25-21-17-7-5-4-6-16(17)18(23(30)31)11-19(21)28/h4-11,28-29H,1-3H3,(H,30,31). The Kier molecular flexibility index (Phi) is 4.90. The monoisotopic (exact) mass is 416 g/mol. The predicted molar refractivity (Wildman–Crippen MR) is 116 cm³/mol. The van der Waals surface area contributed by atoms with Crippen molar-refractivity contribution >= 4 is 28.1 Å². The van der Waals surface area contributed by atoms with E-state index in [2.05, 4.69) is 15.3 Å². The van der Waals surface area contributed by atoms with Crippen molar-refractivity contribution in [2.24, 2.45) is 10.2 Å². The summed E-state index contributed by atoms with van der Waals surface area (Å²) in [5.41, 5.74) is 3.55. The van der Waals surface area contributed by atoms with E-state index in [0.29, 0.717) is 22.2 Å². The number of aryl methyl sites for hydroxylation is 3. The van der Waals surface area contributed by atoms with Crippen LogP contribution in [0.5, 0.6) is 11.6 Å². The molecule has 1 aromatic heterocycles. The fraction of sp³-hybridized carbons (Fsp3) is 0.130. The molecule has 8 heteroatoms. The number of fused-ring (bicyclic) bond motifs is 1. The van der Waals surface area contributed by atoms with Crippen LogP contribution in [-0.4, -0.2) is 31.1 Å². The lowest BCUT2D eigenvalue weighted by Gasteiger charge is -2.07. The van der Waals surface area contributed by atoms with Gasteiger partial charge in [-0.15, -0.1) is 10.2 Å². The van der Waals surface area contributed by atoms with Crippen molar-refractivity contribution in [3.8, 4) is 17.3 Å². The SMILES string of the molecule is Cc1ccc(-n2nc(C)c(N=Nc3c(O)cc(C(=O)O)c4ccccc34)c2O)cc1C. The smallest absolute Gasteiger partial charge is 0.336 e. The first-order chi connectivity index (χ1) is 14.8. The summed E-state index contributed by atoms with van der Waals surface area (Å²) in [6.45, 7) is 5.66. The van der Waals surface area contributed by atoms with E-state index in [4.69, 9.17) is 0 Å². The van der Waals surface area contributed by atoms with E-state index in [1.54, 1.807) is 31.2 Å². The second kappa shape index (κ2) is 7.56. The largest absolute Gasteiger partial charge is 0.506 e. The molecule has 0 aliphatic rings. The minimum absolute atomic E-state index is 0.0337. The molecule has 8 nitrogen and oxygen atoms in total. The lowest BCUT2D eigenvalue weighted by Crippen LogP contribution is -1.97. The molecule has 0 unspecified atom stereocenters. The highest BCUT2D eigenvalue weighted by atomic mass is 16.4. The van der Waals surface area contributed by atoms with E-state index in [1.807, 2.05) is 32.0 Å². The van der Waals surface area contributed by atoms with Crippen LogP contribution in [0, 0.1) is 20.8 Å². The molecule has 0 amide bonds. The number of rotatable bonds is 4. The van der Waals surface area contributed by atoms with Gasteiger partial charge in [0.15, 0.2) is 5.69 Å². The van der Waals surface area contributed by atoms with E-state index in [-0.39, 0.29) is 28.6 Å². The average Bonchev–Trinajstić information content (AvgIpc) is 3.02. The van der Waals surface area contributed by atoms with Crippen LogP contribution in [0.2, 0.25) is 0 Å². The summed E-state index contributed by atoms with van der Waals surface area (Å²) < 4.78 is 1.38. The van der Waals surface area contributed by atoms with Crippen molar-refractivity contribution in [1.82, 2.24) is 9.78 Å². The summed E-state index contributed by atoms with van der Waals surface area (Å²) in [4.78, 5) is 11.5. The maximum atomic E-state index is 11.5. The molecule has 0 atom stereocenters. The number of carboxylic acid groups (broad SMARTS) is 1. The quantitative estimate of drug-likeness (QED) is 0.381. The van der Waals surface area contributed by atoms with Gasteiger partial charge >= 0.3 is 5.97 Å². The van der Waals surface area contributed by atoms with Crippen LogP contribution in [0.3, 0.4) is 0 Å². The molecular weight excluding hydrogens is 396 g/mol. The van der Waals surface area contributed by atoms with Crippen LogP contribution in [0.25, 0.3) is 16.5 Å². The Morgan fingerprint density at radius 3 is 2.26 bits per heavy atom. The van der Waals surface area contributed by atoms with Gasteiger partial charge in [0.05, 0.1) is 16.9 Å². The Morgan fingerprint density at radius 1 is 0.903 bits per heavy atom. The summed E-state index contributed by atoms with van der Waals surface area (Å²) in [7, 11) is 0. The maximum absolute atomic E-state index is 11.5. The van der Waals surface area contributed by atoms with Crippen molar-refractivity contribution in [2.45, 2.75) is 20.8 Å². The van der Waals surface area contributed by atoms with Gasteiger partial charge in [-0.1, -0.05) is 30.3 Å². The third kappa shape index (κ3) is 3.48. The number of hydrogen-bond acceptors (Lipinski definition) is 6. The number of aromatic carboxylic acids is 1. The lowest BCUT2D eigenvalue weighted by molar-refractivity contribution is 0.0698. The van der Waals surface area contributed by atoms with E-state index >= 15 is 0 Å². The molecule has 0 saturated carbocycles. The normalized spacial score (nSPS) is 11.5. The van der Waals surface area contributed by atoms with E-state index < -0.39 is 5.97 Å². The predicted octanol–water partition coefficient (Wildman–Crippen LogP) is 5.48. The van der Waals surface area contributed by atoms with Gasteiger partial charge in [0, 0.05) is 5.39 Å². The van der Waals surface area contributed by atoms with Gasteiger partial charge in [0.25, 0.3) is 0 Å². The fourth-order valence-electron chi connectivity index (χ4n) is 3.39. The molecule has 0 aliphatic carbocycles. The van der Waals surface area contributed by atoms with Crippen LogP contribution < -0.4 is 0 Å². The third-order valence-electron chi connectivity index (χ3n) is 5.22. The molecule has 0 bridgehead atoms. The van der Waals surface area contributed by atoms with Gasteiger partial charge in [-0.25, -0.2) is 4.79 Å². The zero-order chi connectivity index (χ0) is 22.3. The first-order valence-corrected chi connectivity index (χ1v) is 9.54. The zero-order valence-electron chi connectivity index (χ0n) is 17.2. The number of nitrogens with zero attached hydrogens (tertiary/aromatic N) is 4. The number of hydrogen-bond donors (Lipinski definition) is 3. The molecule has 1 heterocycles. The first-order valence-electron chi connectivity index (χ1n) is 9.54. The highest BCUT2D eigenvalue weighted by Gasteiger charge is 2.18. The summed E-state index contributed by atoms with van der Waals surface area (Å²) >= 11 is 0. The Hall–Kier alpha value is -4.20. The lowest BCUT2D eigenvalue weighted by atomic mass is 10.0. The average molecular weight is 416 g/mol. The molecule has 0 radical (unpaired) electrons. The summed E-state index contributed by atoms with van der Waals surface area (Å²) in [6, 6.07) is 13.6. The molecule has 0 aliphatic heterocycles. The highest BCUT2D eigenvalue weighted by molar-refractivity contribution is 6.08. The van der Waals surface area contributed by atoms with Crippen LogP contribution in [0.1, 0.15) is 27.2 Å². The summed E-state index contributed by atoms with van der Waals surface area (Å²) in [6.07, 6.45) is 0. The Labute approximate surface area is 177 Å². The topological polar surface area (TPSA) is 120 Å². The molecule has 156 valence electrons. The first kappa shape index (κ1) is 20.1. The number of azo groups is 1. The maximum Gasteiger partial charge on any atom is 0.336 e. The molecular formula is C23H20N4O4. The summed E-state index contributed by atoms with van der Waals surface area (Å²) in [5, 5.41) is 44.0. The zero-order valence-corrected chi connectivity index (χ0v) is 17.2.